The summed E-state index contributed by atoms with van der Waals surface area (Å²) >= 11 is 5.95. The molecule has 0 spiro atoms. The van der Waals surface area contributed by atoms with Crippen LogP contribution in [0.15, 0.2) is 24.3 Å². The quantitative estimate of drug-likeness (QED) is 0.778. The van der Waals surface area contributed by atoms with Gasteiger partial charge in [-0.15, -0.1) is 0 Å². The molecular weight excluding hydrogens is 202 g/mol. The minimum absolute atomic E-state index is 0.347. The van der Waals surface area contributed by atoms with Gasteiger partial charge in [-0.2, -0.15) is 0 Å². The smallest absolute Gasteiger partial charge is 0.327 e. The maximum absolute atomic E-state index is 11.4. The molecule has 1 atom stereocenters. The second kappa shape index (κ2) is 4.98. The van der Waals surface area contributed by atoms with Gasteiger partial charge < -0.3 is 10.1 Å². The lowest BCUT2D eigenvalue weighted by Crippen LogP contribution is -2.26. The number of benzene rings is 1. The van der Waals surface area contributed by atoms with E-state index in [-0.39, 0.29) is 5.97 Å². The number of methoxy groups -OCH3 is 1. The van der Waals surface area contributed by atoms with Crippen LogP contribution in [-0.4, -0.2) is 20.1 Å². The van der Waals surface area contributed by atoms with E-state index in [0.717, 1.165) is 5.56 Å². The van der Waals surface area contributed by atoms with E-state index in [0.29, 0.717) is 5.02 Å². The van der Waals surface area contributed by atoms with E-state index in [4.69, 9.17) is 11.6 Å². The van der Waals surface area contributed by atoms with Gasteiger partial charge in [0.15, 0.2) is 0 Å². The van der Waals surface area contributed by atoms with Crippen LogP contribution in [-0.2, 0) is 9.53 Å². The molecule has 0 heterocycles. The first-order chi connectivity index (χ1) is 6.70. The average molecular weight is 214 g/mol. The Morgan fingerprint density at radius 1 is 1.50 bits per heavy atom. The monoisotopic (exact) mass is 213 g/mol. The van der Waals surface area contributed by atoms with Crippen LogP contribution in [0.1, 0.15) is 11.6 Å². The molecule has 0 amide bonds. The molecule has 1 unspecified atom stereocenters. The fourth-order valence-electron chi connectivity index (χ4n) is 1.23. The number of carbonyl (C=O) groups is 1. The summed E-state index contributed by atoms with van der Waals surface area (Å²) in [6, 6.07) is 6.67. The third-order valence-electron chi connectivity index (χ3n) is 1.94. The van der Waals surface area contributed by atoms with E-state index in [9.17, 15) is 4.79 Å². The highest BCUT2D eigenvalue weighted by Crippen LogP contribution is 2.22. The van der Waals surface area contributed by atoms with Gasteiger partial charge in [0.25, 0.3) is 0 Å². The van der Waals surface area contributed by atoms with Crippen molar-refractivity contribution in [2.45, 2.75) is 6.04 Å². The summed E-state index contributed by atoms with van der Waals surface area (Å²) in [4.78, 5) is 11.4. The zero-order valence-corrected chi connectivity index (χ0v) is 8.84. The maximum atomic E-state index is 11.4. The lowest BCUT2D eigenvalue weighted by atomic mass is 10.1. The van der Waals surface area contributed by atoms with Crippen LogP contribution in [0.25, 0.3) is 0 Å². The highest BCUT2D eigenvalue weighted by atomic mass is 35.5. The average Bonchev–Trinajstić information content (AvgIpc) is 2.21. The summed E-state index contributed by atoms with van der Waals surface area (Å²) in [5.41, 5.74) is 0.725. The van der Waals surface area contributed by atoms with E-state index >= 15 is 0 Å². The van der Waals surface area contributed by atoms with Crippen molar-refractivity contribution >= 4 is 17.6 Å². The topological polar surface area (TPSA) is 38.3 Å². The second-order valence-corrected chi connectivity index (χ2v) is 3.17. The van der Waals surface area contributed by atoms with Crippen molar-refractivity contribution in [1.82, 2.24) is 5.32 Å². The summed E-state index contributed by atoms with van der Waals surface area (Å²) in [5.74, 6) is -0.347. The molecule has 0 saturated heterocycles. The molecule has 0 bridgehead atoms. The Morgan fingerprint density at radius 2 is 2.14 bits per heavy atom. The minimum Gasteiger partial charge on any atom is -0.468 e. The molecule has 0 aliphatic heterocycles. The molecule has 14 heavy (non-hydrogen) atoms. The number of esters is 1. The van der Waals surface area contributed by atoms with E-state index < -0.39 is 6.04 Å². The minimum atomic E-state index is -0.506. The summed E-state index contributed by atoms with van der Waals surface area (Å²) in [6.07, 6.45) is 0. The van der Waals surface area contributed by atoms with Gasteiger partial charge in [0, 0.05) is 5.02 Å². The van der Waals surface area contributed by atoms with E-state index in [1.54, 1.807) is 19.2 Å². The normalized spacial score (nSPS) is 12.2. The summed E-state index contributed by atoms with van der Waals surface area (Å²) < 4.78 is 4.65. The van der Waals surface area contributed by atoms with Crippen molar-refractivity contribution in [2.24, 2.45) is 0 Å². The van der Waals surface area contributed by atoms with Crippen molar-refractivity contribution in [3.05, 3.63) is 34.9 Å². The zero-order valence-electron chi connectivity index (χ0n) is 8.08. The van der Waals surface area contributed by atoms with Crippen molar-refractivity contribution in [3.63, 3.8) is 0 Å². The molecule has 4 heteroatoms. The lowest BCUT2D eigenvalue weighted by molar-refractivity contribution is -0.143. The number of nitrogens with one attached hydrogen (secondary N) is 1. The molecule has 0 radical (unpaired) electrons. The van der Waals surface area contributed by atoms with Crippen LogP contribution in [0.5, 0.6) is 0 Å². The Kier molecular flexibility index (Phi) is 3.92. The Labute approximate surface area is 88.0 Å². The molecule has 1 rings (SSSR count). The highest BCUT2D eigenvalue weighted by Gasteiger charge is 2.20. The molecule has 3 nitrogen and oxygen atoms in total. The molecule has 0 aromatic heterocycles. The third-order valence-corrected chi connectivity index (χ3v) is 2.29. The summed E-state index contributed by atoms with van der Waals surface area (Å²) in [6.45, 7) is 0. The molecule has 0 aliphatic carbocycles. The van der Waals surface area contributed by atoms with Gasteiger partial charge in [0.1, 0.15) is 6.04 Å². The van der Waals surface area contributed by atoms with E-state index in [2.05, 4.69) is 10.1 Å². The first-order valence-electron chi connectivity index (χ1n) is 4.20. The van der Waals surface area contributed by atoms with E-state index in [1.165, 1.54) is 7.11 Å². The Hall–Kier alpha value is -1.06. The van der Waals surface area contributed by atoms with Gasteiger partial charge in [-0.1, -0.05) is 29.8 Å². The molecule has 0 fully saturated rings. The van der Waals surface area contributed by atoms with Gasteiger partial charge in [-0.3, -0.25) is 0 Å². The SMILES string of the molecule is CNC(C(=O)OC)c1ccccc1Cl. The largest absolute Gasteiger partial charge is 0.468 e. The number of likely N-dealkylation sites (N-methyl/N-ethyl adjacent to an activating group) is 1. The van der Waals surface area contributed by atoms with Crippen LogP contribution < -0.4 is 5.32 Å². The first kappa shape index (κ1) is 11.0. The predicted octanol–water partition coefficient (Wildman–Crippen LogP) is 1.77. The van der Waals surface area contributed by atoms with Gasteiger partial charge in [0.05, 0.1) is 7.11 Å². The van der Waals surface area contributed by atoms with Crippen LogP contribution in [0, 0.1) is 0 Å². The predicted molar refractivity (Wildman–Crippen MR) is 55.3 cm³/mol. The van der Waals surface area contributed by atoms with Crippen LogP contribution in [0.3, 0.4) is 0 Å². The zero-order chi connectivity index (χ0) is 10.6. The molecular formula is C10H12ClNO2. The number of halogens is 1. The number of ether oxygens (including phenoxy) is 1. The molecule has 1 aromatic carbocycles. The molecule has 1 N–H and O–H groups in total. The lowest BCUT2D eigenvalue weighted by Gasteiger charge is -2.14. The number of carbonyl (C=O) groups excluding carboxylic acids is 1. The third kappa shape index (κ3) is 2.25. The van der Waals surface area contributed by atoms with Crippen LogP contribution >= 0.6 is 11.6 Å². The van der Waals surface area contributed by atoms with Gasteiger partial charge in [-0.05, 0) is 18.7 Å². The standard InChI is InChI=1S/C10H12ClNO2/c1-12-9(10(13)14-2)7-5-3-4-6-8(7)11/h3-6,9,12H,1-2H3. The Morgan fingerprint density at radius 3 is 2.64 bits per heavy atom. The number of hydrogen-bond acceptors (Lipinski definition) is 3. The highest BCUT2D eigenvalue weighted by molar-refractivity contribution is 6.31. The van der Waals surface area contributed by atoms with E-state index in [1.807, 2.05) is 12.1 Å². The fourth-order valence-corrected chi connectivity index (χ4v) is 1.47. The van der Waals surface area contributed by atoms with Crippen LogP contribution in [0.2, 0.25) is 5.02 Å². The van der Waals surface area contributed by atoms with Crippen LogP contribution in [0.4, 0.5) is 0 Å². The van der Waals surface area contributed by atoms with Crippen molar-refractivity contribution in [1.29, 1.82) is 0 Å². The molecule has 0 saturated carbocycles. The van der Waals surface area contributed by atoms with Gasteiger partial charge in [-0.25, -0.2) is 4.79 Å². The van der Waals surface area contributed by atoms with Crippen molar-refractivity contribution in [2.75, 3.05) is 14.2 Å². The molecule has 76 valence electrons. The van der Waals surface area contributed by atoms with Gasteiger partial charge in [0.2, 0.25) is 0 Å². The van der Waals surface area contributed by atoms with Crippen molar-refractivity contribution < 1.29 is 9.53 Å². The van der Waals surface area contributed by atoms with Crippen molar-refractivity contribution in [3.8, 4) is 0 Å². The second-order valence-electron chi connectivity index (χ2n) is 2.77. The molecule has 1 aromatic rings. The fraction of sp³-hybridized carbons (Fsp3) is 0.300. The Balaban J connectivity index is 3.01. The number of hydrogen-bond donors (Lipinski definition) is 1. The summed E-state index contributed by atoms with van der Waals surface area (Å²) in [7, 11) is 3.04. The summed E-state index contributed by atoms with van der Waals surface area (Å²) in [5, 5.41) is 3.40. The number of rotatable bonds is 3. The first-order valence-corrected chi connectivity index (χ1v) is 4.58. The Bertz CT molecular complexity index is 328. The van der Waals surface area contributed by atoms with Gasteiger partial charge >= 0.3 is 5.97 Å². The molecule has 0 aliphatic rings. The maximum Gasteiger partial charge on any atom is 0.327 e.